The van der Waals surface area contributed by atoms with Gasteiger partial charge in [-0.15, -0.1) is 0 Å². The van der Waals surface area contributed by atoms with Gasteiger partial charge in [-0.1, -0.05) is 12.1 Å². The van der Waals surface area contributed by atoms with Gasteiger partial charge in [-0.2, -0.15) is 0 Å². The number of nitrogens with zero attached hydrogens (tertiary/aromatic N) is 2. The zero-order chi connectivity index (χ0) is 13.4. The average Bonchev–Trinajstić information content (AvgIpc) is 2.41. The molecule has 2 N–H and O–H groups in total. The minimum atomic E-state index is -0.990. The Morgan fingerprint density at radius 2 is 1.16 bits per heavy atom. The first kappa shape index (κ1) is 16.8. The molecule has 0 bridgehead atoms. The molecule has 0 aliphatic rings. The number of pyridine rings is 2. The molecule has 2 aromatic rings. The third-order valence-corrected chi connectivity index (χ3v) is 1.77. The molecule has 0 fully saturated rings. The molecule has 0 unspecified atom stereocenters. The van der Waals surface area contributed by atoms with Crippen molar-refractivity contribution in [3.63, 3.8) is 0 Å². The molecule has 0 aliphatic heterocycles. The summed E-state index contributed by atoms with van der Waals surface area (Å²) < 4.78 is 0. The Morgan fingerprint density at radius 3 is 1.32 bits per heavy atom. The monoisotopic (exact) mass is 309 g/mol. The van der Waals surface area contributed by atoms with Gasteiger partial charge in [-0.25, -0.2) is 19.6 Å². The Labute approximate surface area is 119 Å². The van der Waals surface area contributed by atoms with E-state index in [9.17, 15) is 9.59 Å². The van der Waals surface area contributed by atoms with Gasteiger partial charge in [0, 0.05) is 29.5 Å². The van der Waals surface area contributed by atoms with Crippen LogP contribution in [-0.4, -0.2) is 32.1 Å². The van der Waals surface area contributed by atoms with E-state index in [4.69, 9.17) is 10.2 Å². The quantitative estimate of drug-likeness (QED) is 0.816. The van der Waals surface area contributed by atoms with E-state index in [-0.39, 0.29) is 28.5 Å². The zero-order valence-electron chi connectivity index (χ0n) is 9.53. The van der Waals surface area contributed by atoms with Gasteiger partial charge in [0.05, 0.1) is 0 Å². The molecule has 19 heavy (non-hydrogen) atoms. The maximum Gasteiger partial charge on any atom is 0.354 e. The van der Waals surface area contributed by atoms with Crippen molar-refractivity contribution in [2.75, 3.05) is 0 Å². The number of carboxylic acid groups (broad SMARTS) is 2. The van der Waals surface area contributed by atoms with E-state index in [0.29, 0.717) is 0 Å². The minimum Gasteiger partial charge on any atom is -0.477 e. The van der Waals surface area contributed by atoms with Gasteiger partial charge in [0.2, 0.25) is 0 Å². The second kappa shape index (κ2) is 8.79. The maximum absolute atomic E-state index is 10.1. The fraction of sp³-hybridized carbons (Fsp3) is 0. The van der Waals surface area contributed by atoms with E-state index >= 15 is 0 Å². The second-order valence-corrected chi connectivity index (χ2v) is 3.04. The van der Waals surface area contributed by atoms with Crippen molar-refractivity contribution in [2.45, 2.75) is 0 Å². The molecule has 2 aromatic heterocycles. The van der Waals surface area contributed by atoms with Crippen molar-refractivity contribution in [1.82, 2.24) is 9.97 Å². The SMILES string of the molecule is O=C(O)c1ccccn1.O=C(O)c1ccccn1.[Cu]. The summed E-state index contributed by atoms with van der Waals surface area (Å²) in [5.41, 5.74) is 0.162. The minimum absolute atomic E-state index is 0. The predicted octanol–water partition coefficient (Wildman–Crippen LogP) is 1.56. The van der Waals surface area contributed by atoms with E-state index in [2.05, 4.69) is 9.97 Å². The molecule has 103 valence electrons. The Kier molecular flexibility index (Phi) is 7.76. The number of aromatic carboxylic acids is 2. The van der Waals surface area contributed by atoms with E-state index in [1.165, 1.54) is 24.5 Å². The molecule has 2 rings (SSSR count). The number of aromatic nitrogens is 2. The third-order valence-electron chi connectivity index (χ3n) is 1.77. The summed E-state index contributed by atoms with van der Waals surface area (Å²) in [6.45, 7) is 0. The molecular formula is C12H10CuN2O4. The summed E-state index contributed by atoms with van der Waals surface area (Å²) in [7, 11) is 0. The summed E-state index contributed by atoms with van der Waals surface area (Å²) >= 11 is 0. The van der Waals surface area contributed by atoms with Crippen LogP contribution in [0.1, 0.15) is 21.0 Å². The predicted molar refractivity (Wildman–Crippen MR) is 62.4 cm³/mol. The molecule has 0 saturated heterocycles. The molecular weight excluding hydrogens is 300 g/mol. The summed E-state index contributed by atoms with van der Waals surface area (Å²) in [5, 5.41) is 16.6. The fourth-order valence-corrected chi connectivity index (χ4v) is 0.979. The van der Waals surface area contributed by atoms with Crippen LogP contribution in [0.15, 0.2) is 48.8 Å². The van der Waals surface area contributed by atoms with Crippen LogP contribution >= 0.6 is 0 Å². The summed E-state index contributed by atoms with van der Waals surface area (Å²) in [5.74, 6) is -1.98. The van der Waals surface area contributed by atoms with Crippen LogP contribution in [0.2, 0.25) is 0 Å². The topological polar surface area (TPSA) is 100 Å². The van der Waals surface area contributed by atoms with Crippen LogP contribution in [0.25, 0.3) is 0 Å². The Bertz CT molecular complexity index is 470. The van der Waals surface area contributed by atoms with E-state index < -0.39 is 11.9 Å². The van der Waals surface area contributed by atoms with E-state index in [1.54, 1.807) is 24.3 Å². The Hall–Kier alpha value is -2.24. The molecule has 0 atom stereocenters. The van der Waals surface area contributed by atoms with Crippen LogP contribution in [0, 0.1) is 0 Å². The van der Waals surface area contributed by atoms with Crippen LogP contribution in [-0.2, 0) is 17.1 Å². The average molecular weight is 310 g/mol. The van der Waals surface area contributed by atoms with Crippen LogP contribution in [0.4, 0.5) is 0 Å². The van der Waals surface area contributed by atoms with Crippen molar-refractivity contribution < 1.29 is 36.9 Å². The first-order chi connectivity index (χ1) is 8.61. The Morgan fingerprint density at radius 1 is 0.789 bits per heavy atom. The van der Waals surface area contributed by atoms with Crippen molar-refractivity contribution in [3.8, 4) is 0 Å². The molecule has 0 saturated carbocycles. The van der Waals surface area contributed by atoms with Crippen molar-refractivity contribution in [3.05, 3.63) is 60.2 Å². The molecule has 0 aliphatic carbocycles. The number of hydrogen-bond donors (Lipinski definition) is 2. The van der Waals surface area contributed by atoms with Crippen LogP contribution in [0.5, 0.6) is 0 Å². The number of carbonyl (C=O) groups is 2. The standard InChI is InChI=1S/2C6H5NO2.Cu/c2*8-6(9)5-3-1-2-4-7-5;/h2*1-4H,(H,8,9);. The molecule has 1 radical (unpaired) electrons. The first-order valence-corrected chi connectivity index (χ1v) is 4.90. The molecule has 0 amide bonds. The number of rotatable bonds is 2. The van der Waals surface area contributed by atoms with Crippen molar-refractivity contribution in [1.29, 1.82) is 0 Å². The summed E-state index contributed by atoms with van der Waals surface area (Å²) in [4.78, 5) is 27.4. The molecule has 0 aromatic carbocycles. The smallest absolute Gasteiger partial charge is 0.354 e. The van der Waals surface area contributed by atoms with Gasteiger partial charge in [0.1, 0.15) is 11.4 Å². The molecule has 2 heterocycles. The van der Waals surface area contributed by atoms with Gasteiger partial charge in [-0.3, -0.25) is 0 Å². The van der Waals surface area contributed by atoms with E-state index in [1.807, 2.05) is 0 Å². The van der Waals surface area contributed by atoms with Gasteiger partial charge in [0.15, 0.2) is 0 Å². The van der Waals surface area contributed by atoms with Gasteiger partial charge in [-0.05, 0) is 24.3 Å². The molecule has 6 nitrogen and oxygen atoms in total. The van der Waals surface area contributed by atoms with Gasteiger partial charge >= 0.3 is 11.9 Å². The summed E-state index contributed by atoms with van der Waals surface area (Å²) in [6, 6.07) is 9.51. The second-order valence-electron chi connectivity index (χ2n) is 3.04. The van der Waals surface area contributed by atoms with Crippen LogP contribution < -0.4 is 0 Å². The van der Waals surface area contributed by atoms with Gasteiger partial charge < -0.3 is 10.2 Å². The van der Waals surface area contributed by atoms with Crippen molar-refractivity contribution in [2.24, 2.45) is 0 Å². The van der Waals surface area contributed by atoms with Crippen LogP contribution in [0.3, 0.4) is 0 Å². The maximum atomic E-state index is 10.1. The third kappa shape index (κ3) is 6.30. The molecule has 0 spiro atoms. The molecule has 7 heteroatoms. The normalized spacial score (nSPS) is 8.42. The van der Waals surface area contributed by atoms with E-state index in [0.717, 1.165) is 0 Å². The first-order valence-electron chi connectivity index (χ1n) is 4.90. The van der Waals surface area contributed by atoms with Crippen molar-refractivity contribution >= 4 is 11.9 Å². The zero-order valence-corrected chi connectivity index (χ0v) is 10.5. The number of carboxylic acids is 2. The number of hydrogen-bond acceptors (Lipinski definition) is 4. The summed E-state index contributed by atoms with van der Waals surface area (Å²) in [6.07, 6.45) is 2.90. The largest absolute Gasteiger partial charge is 0.477 e. The Balaban J connectivity index is 0.000000324. The fourth-order valence-electron chi connectivity index (χ4n) is 0.979. The van der Waals surface area contributed by atoms with Gasteiger partial charge in [0.25, 0.3) is 0 Å².